The van der Waals surface area contributed by atoms with E-state index in [2.05, 4.69) is 20.8 Å². The maximum Gasteiger partial charge on any atom is 0.227 e. The number of rotatable bonds is 5. The van der Waals surface area contributed by atoms with Crippen LogP contribution in [0.2, 0.25) is 0 Å². The Balaban J connectivity index is 0.000000152. The smallest absolute Gasteiger partial charge is 0.227 e. The monoisotopic (exact) mass is 458 g/mol. The Morgan fingerprint density at radius 2 is 1.88 bits per heavy atom. The summed E-state index contributed by atoms with van der Waals surface area (Å²) in [6, 6.07) is 21.0. The Labute approximate surface area is 196 Å². The summed E-state index contributed by atoms with van der Waals surface area (Å²) in [6.45, 7) is 0.301. The zero-order chi connectivity index (χ0) is 23.5. The normalized spacial score (nSPS) is 16.1. The van der Waals surface area contributed by atoms with Gasteiger partial charge in [0.25, 0.3) is 0 Å². The third kappa shape index (κ3) is 4.67. The first-order valence-corrected chi connectivity index (χ1v) is 11.2. The number of nitrogens with zero attached hydrogens (tertiary/aromatic N) is 1. The Kier molecular flexibility index (Phi) is 6.05. The number of aliphatic hydroxyl groups is 1. The van der Waals surface area contributed by atoms with Gasteiger partial charge < -0.3 is 25.2 Å². The number of aromatic nitrogens is 2. The van der Waals surface area contributed by atoms with Crippen molar-refractivity contribution in [3.05, 3.63) is 72.3 Å². The average molecular weight is 459 g/mol. The molecule has 174 valence electrons. The van der Waals surface area contributed by atoms with Crippen LogP contribution in [0.25, 0.3) is 10.9 Å². The lowest BCUT2D eigenvalue weighted by Crippen LogP contribution is -2.12. The summed E-state index contributed by atoms with van der Waals surface area (Å²) in [4.78, 5) is 11.4. The minimum Gasteiger partial charge on any atom is -0.497 e. The van der Waals surface area contributed by atoms with Gasteiger partial charge in [-0.1, -0.05) is 24.3 Å². The molecule has 0 saturated heterocycles. The third-order valence-corrected chi connectivity index (χ3v) is 5.82. The zero-order valence-electron chi connectivity index (χ0n) is 18.7. The number of anilines is 3. The van der Waals surface area contributed by atoms with Gasteiger partial charge in [-0.25, -0.2) is 0 Å². The van der Waals surface area contributed by atoms with Gasteiger partial charge in [0.05, 0.1) is 18.3 Å². The second kappa shape index (κ2) is 9.44. The third-order valence-electron chi connectivity index (χ3n) is 5.82. The molecule has 1 fully saturated rings. The molecular formula is C26H26N4O4. The highest BCUT2D eigenvalue weighted by molar-refractivity contribution is 5.94. The van der Waals surface area contributed by atoms with Crippen LogP contribution in [0.4, 0.5) is 17.2 Å². The van der Waals surface area contributed by atoms with Gasteiger partial charge in [-0.3, -0.25) is 9.89 Å². The number of aliphatic hydroxyl groups excluding tert-OH is 1. The van der Waals surface area contributed by atoms with Crippen LogP contribution >= 0.6 is 0 Å². The number of amides is 1. The van der Waals surface area contributed by atoms with Crippen molar-refractivity contribution >= 4 is 34.0 Å². The van der Waals surface area contributed by atoms with Crippen molar-refractivity contribution in [2.45, 2.75) is 18.9 Å². The SMILES string of the molecule is COc1ccc(NC(=O)C2CC2)cc1.OC1COc2c(Nc3n[nH]c4ccccc34)cccc21. The van der Waals surface area contributed by atoms with Crippen LogP contribution < -0.4 is 20.1 Å². The largest absolute Gasteiger partial charge is 0.497 e. The minimum absolute atomic E-state index is 0.134. The van der Waals surface area contributed by atoms with Gasteiger partial charge in [-0.05, 0) is 55.3 Å². The molecule has 3 aromatic carbocycles. The molecule has 2 aliphatic rings. The number of nitrogens with one attached hydrogen (secondary N) is 3. The first-order chi connectivity index (χ1) is 16.6. The number of fused-ring (bicyclic) bond motifs is 2. The van der Waals surface area contributed by atoms with Crippen molar-refractivity contribution in [1.82, 2.24) is 10.2 Å². The molecule has 1 aromatic heterocycles. The Morgan fingerprint density at radius 1 is 1.09 bits per heavy atom. The predicted octanol–water partition coefficient (Wildman–Crippen LogP) is 4.78. The highest BCUT2D eigenvalue weighted by Crippen LogP contribution is 2.40. The molecule has 1 amide bonds. The van der Waals surface area contributed by atoms with Crippen molar-refractivity contribution in [1.29, 1.82) is 0 Å². The molecule has 1 saturated carbocycles. The highest BCUT2D eigenvalue weighted by atomic mass is 16.5. The summed E-state index contributed by atoms with van der Waals surface area (Å²) in [5, 5.41) is 24.2. The second-order valence-electron chi connectivity index (χ2n) is 8.29. The molecule has 8 heteroatoms. The molecule has 0 spiro atoms. The van der Waals surface area contributed by atoms with Crippen LogP contribution in [-0.4, -0.2) is 34.9 Å². The van der Waals surface area contributed by atoms with E-state index in [4.69, 9.17) is 9.47 Å². The number of ether oxygens (including phenoxy) is 2. The molecule has 8 nitrogen and oxygen atoms in total. The van der Waals surface area contributed by atoms with Crippen molar-refractivity contribution in [2.24, 2.45) is 5.92 Å². The maximum atomic E-state index is 11.4. The Bertz CT molecular complexity index is 1300. The number of H-pyrrole nitrogens is 1. The lowest BCUT2D eigenvalue weighted by Gasteiger charge is -2.08. The number of aromatic amines is 1. The molecule has 2 heterocycles. The van der Waals surface area contributed by atoms with E-state index in [1.165, 1.54) is 0 Å². The highest BCUT2D eigenvalue weighted by Gasteiger charge is 2.29. The maximum absolute atomic E-state index is 11.4. The Hall–Kier alpha value is -4.04. The minimum atomic E-state index is -0.553. The van der Waals surface area contributed by atoms with Crippen LogP contribution in [0.15, 0.2) is 66.7 Å². The van der Waals surface area contributed by atoms with E-state index in [9.17, 15) is 9.90 Å². The summed E-state index contributed by atoms with van der Waals surface area (Å²) in [6.07, 6.45) is 1.51. The van der Waals surface area contributed by atoms with E-state index in [-0.39, 0.29) is 11.8 Å². The van der Waals surface area contributed by atoms with Gasteiger partial charge in [0.1, 0.15) is 24.2 Å². The predicted molar refractivity (Wildman–Crippen MR) is 131 cm³/mol. The molecule has 1 atom stereocenters. The fourth-order valence-corrected chi connectivity index (χ4v) is 3.78. The average Bonchev–Trinajstić information content (AvgIpc) is 3.55. The fraction of sp³-hybridized carbons (Fsp3) is 0.231. The van der Waals surface area contributed by atoms with Crippen molar-refractivity contribution in [2.75, 3.05) is 24.4 Å². The molecule has 4 aromatic rings. The van der Waals surface area contributed by atoms with E-state index >= 15 is 0 Å². The van der Waals surface area contributed by atoms with E-state index in [0.29, 0.717) is 12.4 Å². The number of hydrogen-bond acceptors (Lipinski definition) is 6. The van der Waals surface area contributed by atoms with E-state index < -0.39 is 6.10 Å². The number of methoxy groups -OCH3 is 1. The number of carbonyl (C=O) groups excluding carboxylic acids is 1. The molecule has 6 rings (SSSR count). The second-order valence-corrected chi connectivity index (χ2v) is 8.29. The molecule has 0 bridgehead atoms. The zero-order valence-corrected chi connectivity index (χ0v) is 18.7. The van der Waals surface area contributed by atoms with Crippen molar-refractivity contribution < 1.29 is 19.4 Å². The number of hydrogen-bond donors (Lipinski definition) is 4. The molecular weight excluding hydrogens is 432 g/mol. The van der Waals surface area contributed by atoms with Crippen LogP contribution in [0, 0.1) is 5.92 Å². The van der Waals surface area contributed by atoms with E-state index in [1.807, 2.05) is 66.7 Å². The summed E-state index contributed by atoms with van der Waals surface area (Å²) in [7, 11) is 1.62. The van der Waals surface area contributed by atoms with Crippen LogP contribution in [0.3, 0.4) is 0 Å². The molecule has 4 N–H and O–H groups in total. The van der Waals surface area contributed by atoms with Gasteiger partial charge in [0.15, 0.2) is 5.82 Å². The summed E-state index contributed by atoms with van der Waals surface area (Å²) < 4.78 is 10.6. The topological polar surface area (TPSA) is 108 Å². The Morgan fingerprint density at radius 3 is 2.65 bits per heavy atom. The van der Waals surface area contributed by atoms with Crippen LogP contribution in [0.1, 0.15) is 24.5 Å². The van der Waals surface area contributed by atoms with Gasteiger partial charge in [0.2, 0.25) is 5.91 Å². The molecule has 1 aliphatic heterocycles. The van der Waals surface area contributed by atoms with Crippen LogP contribution in [0.5, 0.6) is 11.5 Å². The lowest BCUT2D eigenvalue weighted by atomic mass is 10.1. The molecule has 1 unspecified atom stereocenters. The lowest BCUT2D eigenvalue weighted by molar-refractivity contribution is -0.117. The number of carbonyl (C=O) groups is 1. The summed E-state index contributed by atoms with van der Waals surface area (Å²) in [5.74, 6) is 2.63. The molecule has 34 heavy (non-hydrogen) atoms. The summed E-state index contributed by atoms with van der Waals surface area (Å²) in [5.41, 5.74) is 3.44. The van der Waals surface area contributed by atoms with E-state index in [0.717, 1.165) is 52.3 Å². The van der Waals surface area contributed by atoms with Gasteiger partial charge in [-0.15, -0.1) is 0 Å². The summed E-state index contributed by atoms with van der Waals surface area (Å²) >= 11 is 0. The standard InChI is InChI=1S/C15H13N3O2.C11H13NO2/c19-13-8-20-14-10(13)5-3-7-12(14)16-15-9-4-1-2-6-11(9)17-18-15;1-14-10-6-4-9(5-7-10)12-11(13)8-2-3-8/h1-7,13,19H,8H2,(H2,16,17,18);4-8H,2-3H2,1H3,(H,12,13). The number of benzene rings is 3. The quantitative estimate of drug-likeness (QED) is 0.343. The van der Waals surface area contributed by atoms with Crippen molar-refractivity contribution in [3.8, 4) is 11.5 Å². The van der Waals surface area contributed by atoms with E-state index in [1.54, 1.807) is 7.11 Å². The number of para-hydroxylation sites is 2. The van der Waals surface area contributed by atoms with Crippen LogP contribution in [-0.2, 0) is 4.79 Å². The van der Waals surface area contributed by atoms with Gasteiger partial charge in [-0.2, -0.15) is 5.10 Å². The molecule has 0 radical (unpaired) electrons. The first-order valence-electron chi connectivity index (χ1n) is 11.2. The fourth-order valence-electron chi connectivity index (χ4n) is 3.78. The van der Waals surface area contributed by atoms with Crippen molar-refractivity contribution in [3.63, 3.8) is 0 Å². The van der Waals surface area contributed by atoms with Gasteiger partial charge >= 0.3 is 0 Å². The first kappa shape index (κ1) is 21.8. The van der Waals surface area contributed by atoms with Gasteiger partial charge in [0, 0.05) is 22.6 Å². The molecule has 1 aliphatic carbocycles.